The highest BCUT2D eigenvalue weighted by Crippen LogP contribution is 2.66. The molecule has 86 valence electrons. The second kappa shape index (κ2) is 3.40. The van der Waals surface area contributed by atoms with Gasteiger partial charge in [0.25, 0.3) is 5.92 Å². The second-order valence-electron chi connectivity index (χ2n) is 4.40. The molecular formula is C10H15F2NO2. The van der Waals surface area contributed by atoms with Gasteiger partial charge in [-0.3, -0.25) is 4.79 Å². The second-order valence-corrected chi connectivity index (χ2v) is 4.40. The van der Waals surface area contributed by atoms with Gasteiger partial charge in [0.1, 0.15) is 6.04 Å². The number of carbonyl (C=O) groups is 1. The average molecular weight is 219 g/mol. The normalized spacial score (nSPS) is 38.3. The number of fused-ring (bicyclic) bond motifs is 1. The SMILES string of the molecule is CCOC(=O)C(N)C1C[C@@H]2[C@H](C1)C2(F)F. The summed E-state index contributed by atoms with van der Waals surface area (Å²) in [6.45, 7) is 1.98. The van der Waals surface area contributed by atoms with E-state index in [1.165, 1.54) is 0 Å². The van der Waals surface area contributed by atoms with Crippen LogP contribution in [0, 0.1) is 17.8 Å². The lowest BCUT2D eigenvalue weighted by atomic mass is 9.94. The maximum absolute atomic E-state index is 12.9. The van der Waals surface area contributed by atoms with Crippen molar-refractivity contribution in [1.29, 1.82) is 0 Å². The molecule has 0 saturated heterocycles. The molecule has 0 radical (unpaired) electrons. The molecule has 2 rings (SSSR count). The molecule has 0 aromatic heterocycles. The third-order valence-corrected chi connectivity index (χ3v) is 3.55. The van der Waals surface area contributed by atoms with Gasteiger partial charge in [0.2, 0.25) is 0 Å². The highest BCUT2D eigenvalue weighted by Gasteiger charge is 2.72. The van der Waals surface area contributed by atoms with Gasteiger partial charge in [-0.15, -0.1) is 0 Å². The highest BCUT2D eigenvalue weighted by atomic mass is 19.3. The quantitative estimate of drug-likeness (QED) is 0.725. The summed E-state index contributed by atoms with van der Waals surface area (Å²) in [6, 6.07) is -0.728. The van der Waals surface area contributed by atoms with E-state index in [-0.39, 0.29) is 12.5 Å². The number of hydrogen-bond acceptors (Lipinski definition) is 3. The molecule has 2 aliphatic rings. The summed E-state index contributed by atoms with van der Waals surface area (Å²) < 4.78 is 30.5. The van der Waals surface area contributed by atoms with Gasteiger partial charge in [-0.2, -0.15) is 0 Å². The molecule has 2 fully saturated rings. The van der Waals surface area contributed by atoms with Crippen LogP contribution in [0.25, 0.3) is 0 Å². The zero-order chi connectivity index (χ0) is 11.2. The molecular weight excluding hydrogens is 204 g/mol. The Labute approximate surface area is 87.0 Å². The molecule has 2 saturated carbocycles. The number of rotatable bonds is 3. The van der Waals surface area contributed by atoms with Crippen molar-refractivity contribution in [2.75, 3.05) is 6.61 Å². The minimum atomic E-state index is -2.50. The summed E-state index contributed by atoms with van der Waals surface area (Å²) in [4.78, 5) is 11.3. The number of alkyl halides is 2. The molecule has 4 atom stereocenters. The highest BCUT2D eigenvalue weighted by molar-refractivity contribution is 5.76. The molecule has 0 aromatic carbocycles. The predicted octanol–water partition coefficient (Wildman–Crippen LogP) is 1.17. The Hall–Kier alpha value is -0.710. The Morgan fingerprint density at radius 1 is 1.53 bits per heavy atom. The largest absolute Gasteiger partial charge is 0.465 e. The number of hydrogen-bond donors (Lipinski definition) is 1. The monoisotopic (exact) mass is 219 g/mol. The lowest BCUT2D eigenvalue weighted by molar-refractivity contribution is -0.146. The lowest BCUT2D eigenvalue weighted by Crippen LogP contribution is -2.39. The van der Waals surface area contributed by atoms with Crippen molar-refractivity contribution in [1.82, 2.24) is 0 Å². The van der Waals surface area contributed by atoms with Crippen molar-refractivity contribution < 1.29 is 18.3 Å². The van der Waals surface area contributed by atoms with E-state index in [4.69, 9.17) is 10.5 Å². The summed E-state index contributed by atoms with van der Waals surface area (Å²) in [5, 5.41) is 0. The van der Waals surface area contributed by atoms with Crippen LogP contribution in [0.4, 0.5) is 8.78 Å². The van der Waals surface area contributed by atoms with Crippen molar-refractivity contribution in [3.63, 3.8) is 0 Å². The van der Waals surface area contributed by atoms with Crippen molar-refractivity contribution in [3.8, 4) is 0 Å². The number of carbonyl (C=O) groups excluding carboxylic acids is 1. The summed E-state index contributed by atoms with van der Waals surface area (Å²) in [5.74, 6) is -4.16. The van der Waals surface area contributed by atoms with Gasteiger partial charge in [0.15, 0.2) is 0 Å². The summed E-state index contributed by atoms with van der Waals surface area (Å²) in [7, 11) is 0. The molecule has 3 nitrogen and oxygen atoms in total. The van der Waals surface area contributed by atoms with Gasteiger partial charge in [-0.1, -0.05) is 0 Å². The van der Waals surface area contributed by atoms with E-state index in [0.29, 0.717) is 12.8 Å². The van der Waals surface area contributed by atoms with E-state index in [2.05, 4.69) is 0 Å². The molecule has 0 spiro atoms. The van der Waals surface area contributed by atoms with Gasteiger partial charge >= 0.3 is 5.97 Å². The fraction of sp³-hybridized carbons (Fsp3) is 0.900. The van der Waals surface area contributed by atoms with Gasteiger partial charge in [0.05, 0.1) is 6.61 Å². The van der Waals surface area contributed by atoms with Crippen molar-refractivity contribution >= 4 is 5.97 Å². The van der Waals surface area contributed by atoms with Crippen LogP contribution in [-0.4, -0.2) is 24.5 Å². The number of halogens is 2. The standard InChI is InChI=1S/C10H15F2NO2/c1-2-15-9(14)8(13)5-3-6-7(4-5)10(6,11)12/h5-8H,2-4,13H2,1H3/t5?,6-,7+,8?. The van der Waals surface area contributed by atoms with E-state index in [1.807, 2.05) is 0 Å². The molecule has 0 aliphatic heterocycles. The third kappa shape index (κ3) is 1.62. The smallest absolute Gasteiger partial charge is 0.323 e. The third-order valence-electron chi connectivity index (χ3n) is 3.55. The fourth-order valence-electron chi connectivity index (χ4n) is 2.58. The Morgan fingerprint density at radius 2 is 2.07 bits per heavy atom. The predicted molar refractivity (Wildman–Crippen MR) is 49.3 cm³/mol. The number of ether oxygens (including phenoxy) is 1. The van der Waals surface area contributed by atoms with Crippen LogP contribution in [0.2, 0.25) is 0 Å². The van der Waals surface area contributed by atoms with Crippen LogP contribution in [0.1, 0.15) is 19.8 Å². The molecule has 15 heavy (non-hydrogen) atoms. The van der Waals surface area contributed by atoms with E-state index < -0.39 is 29.8 Å². The summed E-state index contributed by atoms with van der Waals surface area (Å²) >= 11 is 0. The minimum Gasteiger partial charge on any atom is -0.465 e. The van der Waals surface area contributed by atoms with Crippen LogP contribution in [0.5, 0.6) is 0 Å². The molecule has 5 heteroatoms. The zero-order valence-corrected chi connectivity index (χ0v) is 8.58. The number of esters is 1. The minimum absolute atomic E-state index is 0.126. The first-order valence-electron chi connectivity index (χ1n) is 5.28. The van der Waals surface area contributed by atoms with Crippen LogP contribution in [0.15, 0.2) is 0 Å². The van der Waals surface area contributed by atoms with Gasteiger partial charge < -0.3 is 10.5 Å². The van der Waals surface area contributed by atoms with Crippen LogP contribution < -0.4 is 5.73 Å². The zero-order valence-electron chi connectivity index (χ0n) is 8.58. The van der Waals surface area contributed by atoms with Crippen molar-refractivity contribution in [3.05, 3.63) is 0 Å². The topological polar surface area (TPSA) is 52.3 Å². The first-order valence-corrected chi connectivity index (χ1v) is 5.28. The average Bonchev–Trinajstić information content (AvgIpc) is 2.60. The summed E-state index contributed by atoms with van der Waals surface area (Å²) in [6.07, 6.45) is 0.718. The first-order chi connectivity index (χ1) is 6.98. The Kier molecular flexibility index (Phi) is 2.45. The van der Waals surface area contributed by atoms with E-state index in [0.717, 1.165) is 0 Å². The Morgan fingerprint density at radius 3 is 2.53 bits per heavy atom. The molecule has 2 aliphatic carbocycles. The molecule has 0 amide bonds. The van der Waals surface area contributed by atoms with Crippen LogP contribution in [0.3, 0.4) is 0 Å². The number of nitrogens with two attached hydrogens (primary N) is 1. The van der Waals surface area contributed by atoms with Gasteiger partial charge in [0, 0.05) is 11.8 Å². The van der Waals surface area contributed by atoms with Crippen LogP contribution in [-0.2, 0) is 9.53 Å². The molecule has 2 N–H and O–H groups in total. The Bertz CT molecular complexity index is 269. The molecule has 0 bridgehead atoms. The van der Waals surface area contributed by atoms with Gasteiger partial charge in [-0.05, 0) is 25.7 Å². The van der Waals surface area contributed by atoms with E-state index in [9.17, 15) is 13.6 Å². The fourth-order valence-corrected chi connectivity index (χ4v) is 2.58. The maximum Gasteiger partial charge on any atom is 0.323 e. The van der Waals surface area contributed by atoms with E-state index in [1.54, 1.807) is 6.92 Å². The molecule has 0 heterocycles. The van der Waals surface area contributed by atoms with Gasteiger partial charge in [-0.25, -0.2) is 8.78 Å². The maximum atomic E-state index is 12.9. The van der Waals surface area contributed by atoms with E-state index >= 15 is 0 Å². The summed E-state index contributed by atoms with van der Waals surface area (Å²) in [5.41, 5.74) is 5.66. The molecule has 2 unspecified atom stereocenters. The molecule has 0 aromatic rings. The lowest BCUT2D eigenvalue weighted by Gasteiger charge is -2.19. The van der Waals surface area contributed by atoms with Crippen molar-refractivity contribution in [2.24, 2.45) is 23.5 Å². The van der Waals surface area contributed by atoms with Crippen LogP contribution >= 0.6 is 0 Å². The van der Waals surface area contributed by atoms with Crippen molar-refractivity contribution in [2.45, 2.75) is 31.7 Å². The Balaban J connectivity index is 1.86. The first kappa shape index (κ1) is 10.8.